The van der Waals surface area contributed by atoms with Gasteiger partial charge >= 0.3 is 0 Å². The Balaban J connectivity index is 1.77. The van der Waals surface area contributed by atoms with Gasteiger partial charge in [0.05, 0.1) is 16.7 Å². The molecule has 0 unspecified atom stereocenters. The van der Waals surface area contributed by atoms with Crippen molar-refractivity contribution in [1.29, 1.82) is 0 Å². The Hall–Kier alpha value is -1.79. The van der Waals surface area contributed by atoms with Crippen molar-refractivity contribution >= 4 is 17.2 Å². The summed E-state index contributed by atoms with van der Waals surface area (Å²) in [6.07, 6.45) is 5.23. The van der Waals surface area contributed by atoms with Gasteiger partial charge in [-0.3, -0.25) is 9.78 Å². The number of hydrogen-bond donors (Lipinski definition) is 2. The van der Waals surface area contributed by atoms with E-state index in [0.29, 0.717) is 6.54 Å². The summed E-state index contributed by atoms with van der Waals surface area (Å²) in [7, 11) is 0. The van der Waals surface area contributed by atoms with Crippen LogP contribution in [0.5, 0.6) is 0 Å². The third kappa shape index (κ3) is 5.11. The second-order valence-corrected chi connectivity index (χ2v) is 7.54. The zero-order valence-electron chi connectivity index (χ0n) is 13.9. The van der Waals surface area contributed by atoms with E-state index in [1.54, 1.807) is 23.7 Å². The van der Waals surface area contributed by atoms with Crippen molar-refractivity contribution in [3.63, 3.8) is 0 Å². The summed E-state index contributed by atoms with van der Waals surface area (Å²) in [4.78, 5) is 20.6. The van der Waals surface area contributed by atoms with Crippen LogP contribution >= 0.6 is 11.3 Å². The Labute approximate surface area is 141 Å². The van der Waals surface area contributed by atoms with Crippen LogP contribution in [0.4, 0.5) is 0 Å². The number of rotatable bonds is 6. The first-order valence-electron chi connectivity index (χ1n) is 7.76. The number of amides is 1. The third-order valence-electron chi connectivity index (χ3n) is 3.61. The molecule has 3 N–H and O–H groups in total. The number of aryl methyl sites for hydroxylation is 1. The van der Waals surface area contributed by atoms with E-state index >= 15 is 0 Å². The highest BCUT2D eigenvalue weighted by Crippen LogP contribution is 2.21. The second kappa shape index (κ2) is 7.66. The Kier molecular flexibility index (Phi) is 5.85. The van der Waals surface area contributed by atoms with Crippen LogP contribution in [-0.4, -0.2) is 28.5 Å². The highest BCUT2D eigenvalue weighted by atomic mass is 32.1. The number of aromatic nitrogens is 2. The van der Waals surface area contributed by atoms with Crippen LogP contribution < -0.4 is 11.1 Å². The van der Waals surface area contributed by atoms with Crippen molar-refractivity contribution in [2.24, 2.45) is 11.1 Å². The average Bonchev–Trinajstić information content (AvgIpc) is 2.99. The Bertz CT molecular complexity index is 634. The first-order valence-corrected chi connectivity index (χ1v) is 8.64. The van der Waals surface area contributed by atoms with E-state index in [-0.39, 0.29) is 11.3 Å². The fourth-order valence-corrected chi connectivity index (χ4v) is 2.89. The van der Waals surface area contributed by atoms with Crippen LogP contribution in [0.2, 0.25) is 0 Å². The van der Waals surface area contributed by atoms with Crippen LogP contribution in [-0.2, 0) is 11.2 Å². The summed E-state index contributed by atoms with van der Waals surface area (Å²) in [5, 5.41) is 6.03. The molecule has 2 aromatic rings. The molecule has 124 valence electrons. The molecule has 0 fully saturated rings. The number of nitrogens with one attached hydrogen (secondary N) is 1. The van der Waals surface area contributed by atoms with Crippen molar-refractivity contribution in [3.05, 3.63) is 34.9 Å². The van der Waals surface area contributed by atoms with E-state index in [4.69, 9.17) is 5.73 Å². The van der Waals surface area contributed by atoms with E-state index in [9.17, 15) is 4.79 Å². The maximum absolute atomic E-state index is 11.9. The summed E-state index contributed by atoms with van der Waals surface area (Å²) in [6, 6.07) is 3.42. The molecule has 0 aliphatic heterocycles. The van der Waals surface area contributed by atoms with Crippen LogP contribution in [0, 0.1) is 5.41 Å². The van der Waals surface area contributed by atoms with Crippen molar-refractivity contribution < 1.29 is 4.79 Å². The van der Waals surface area contributed by atoms with Crippen molar-refractivity contribution in [2.45, 2.75) is 39.7 Å². The number of pyridine rings is 1. The van der Waals surface area contributed by atoms with E-state index in [0.717, 1.165) is 29.1 Å². The highest BCUT2D eigenvalue weighted by Gasteiger charge is 2.26. The topological polar surface area (TPSA) is 80.9 Å². The van der Waals surface area contributed by atoms with Gasteiger partial charge in [-0.05, 0) is 24.0 Å². The van der Waals surface area contributed by atoms with Crippen LogP contribution in [0.1, 0.15) is 32.2 Å². The highest BCUT2D eigenvalue weighted by molar-refractivity contribution is 7.09. The molecule has 0 radical (unpaired) electrons. The van der Waals surface area contributed by atoms with E-state index in [1.165, 1.54) is 0 Å². The number of nitrogens with zero attached hydrogens (tertiary/aromatic N) is 2. The SMILES string of the molecule is CC(C)(C)[C@H](N)C(=O)NCCCc1nc(-c2ccncc2)cs1. The molecule has 2 aromatic heterocycles. The molecular formula is C17H24N4OS. The molecule has 0 aromatic carbocycles. The van der Waals surface area contributed by atoms with Gasteiger partial charge in [0.1, 0.15) is 0 Å². The number of thiazole rings is 1. The van der Waals surface area contributed by atoms with Crippen molar-refractivity contribution in [1.82, 2.24) is 15.3 Å². The molecule has 23 heavy (non-hydrogen) atoms. The van der Waals surface area contributed by atoms with Gasteiger partial charge in [-0.2, -0.15) is 0 Å². The standard InChI is InChI=1S/C17H24N4OS/c1-17(2,3)15(18)16(22)20-8-4-5-14-21-13(11-23-14)12-6-9-19-10-7-12/h6-7,9-11,15H,4-5,8,18H2,1-3H3,(H,20,22)/t15-/m1/s1. The molecule has 2 heterocycles. The summed E-state index contributed by atoms with van der Waals surface area (Å²) >= 11 is 1.64. The molecule has 2 rings (SSSR count). The maximum atomic E-state index is 11.9. The van der Waals surface area contributed by atoms with Crippen LogP contribution in [0.25, 0.3) is 11.3 Å². The third-order valence-corrected chi connectivity index (χ3v) is 4.52. The summed E-state index contributed by atoms with van der Waals surface area (Å²) in [5.41, 5.74) is 7.76. The lowest BCUT2D eigenvalue weighted by Gasteiger charge is -2.25. The predicted octanol–water partition coefficient (Wildman–Crippen LogP) is 2.63. The maximum Gasteiger partial charge on any atom is 0.237 e. The van der Waals surface area contributed by atoms with Gasteiger partial charge in [0.25, 0.3) is 0 Å². The zero-order chi connectivity index (χ0) is 16.9. The van der Waals surface area contributed by atoms with E-state index in [2.05, 4.69) is 20.7 Å². The van der Waals surface area contributed by atoms with Gasteiger partial charge in [0.15, 0.2) is 0 Å². The first-order chi connectivity index (χ1) is 10.9. The summed E-state index contributed by atoms with van der Waals surface area (Å²) < 4.78 is 0. The van der Waals surface area contributed by atoms with E-state index < -0.39 is 6.04 Å². The van der Waals surface area contributed by atoms with Crippen LogP contribution in [0.3, 0.4) is 0 Å². The molecule has 0 saturated heterocycles. The Morgan fingerprint density at radius 2 is 2.04 bits per heavy atom. The monoisotopic (exact) mass is 332 g/mol. The minimum Gasteiger partial charge on any atom is -0.355 e. The molecule has 1 atom stereocenters. The molecule has 0 spiro atoms. The smallest absolute Gasteiger partial charge is 0.237 e. The summed E-state index contributed by atoms with van der Waals surface area (Å²) in [5.74, 6) is -0.0888. The number of hydrogen-bond acceptors (Lipinski definition) is 5. The lowest BCUT2D eigenvalue weighted by molar-refractivity contribution is -0.124. The zero-order valence-corrected chi connectivity index (χ0v) is 14.7. The molecular weight excluding hydrogens is 308 g/mol. The molecule has 0 aliphatic rings. The molecule has 0 bridgehead atoms. The van der Waals surface area contributed by atoms with Gasteiger partial charge in [0.2, 0.25) is 5.91 Å². The van der Waals surface area contributed by atoms with Crippen LogP contribution in [0.15, 0.2) is 29.9 Å². The van der Waals surface area contributed by atoms with Gasteiger partial charge in [-0.1, -0.05) is 20.8 Å². The van der Waals surface area contributed by atoms with Gasteiger partial charge in [-0.25, -0.2) is 4.98 Å². The van der Waals surface area contributed by atoms with Crippen molar-refractivity contribution in [2.75, 3.05) is 6.54 Å². The molecule has 6 heteroatoms. The minimum atomic E-state index is -0.486. The first kappa shape index (κ1) is 17.6. The normalized spacial score (nSPS) is 12.9. The van der Waals surface area contributed by atoms with Crippen molar-refractivity contribution in [3.8, 4) is 11.3 Å². The number of nitrogens with two attached hydrogens (primary N) is 1. The Morgan fingerprint density at radius 1 is 1.35 bits per heavy atom. The molecule has 5 nitrogen and oxygen atoms in total. The van der Waals surface area contributed by atoms with Gasteiger partial charge in [-0.15, -0.1) is 11.3 Å². The molecule has 1 amide bonds. The minimum absolute atomic E-state index is 0.0888. The number of carbonyl (C=O) groups excluding carboxylic acids is 1. The predicted molar refractivity (Wildman–Crippen MR) is 94.1 cm³/mol. The number of carbonyl (C=O) groups is 1. The molecule has 0 aliphatic carbocycles. The lowest BCUT2D eigenvalue weighted by atomic mass is 9.87. The Morgan fingerprint density at radius 3 is 2.70 bits per heavy atom. The molecule has 0 saturated carbocycles. The van der Waals surface area contributed by atoms with E-state index in [1.807, 2.05) is 32.9 Å². The lowest BCUT2D eigenvalue weighted by Crippen LogP contribution is -2.48. The largest absolute Gasteiger partial charge is 0.355 e. The fraction of sp³-hybridized carbons (Fsp3) is 0.471. The fourth-order valence-electron chi connectivity index (χ4n) is 2.04. The van der Waals surface area contributed by atoms with Gasteiger partial charge in [0, 0.05) is 36.3 Å². The second-order valence-electron chi connectivity index (χ2n) is 6.60. The van der Waals surface area contributed by atoms with Gasteiger partial charge < -0.3 is 11.1 Å². The summed E-state index contributed by atoms with van der Waals surface area (Å²) in [6.45, 7) is 6.52. The quantitative estimate of drug-likeness (QED) is 0.797. The average molecular weight is 332 g/mol.